The molecule has 3 rings (SSSR count). The number of halogens is 1. The van der Waals surface area contributed by atoms with Crippen LogP contribution in [0.5, 0.6) is 5.75 Å². The number of nitro groups is 1. The molecule has 0 aliphatic rings. The number of ether oxygens (including phenoxy) is 1. The van der Waals surface area contributed by atoms with Crippen LogP contribution in [0.1, 0.15) is 0 Å². The predicted molar refractivity (Wildman–Crippen MR) is 83.8 cm³/mol. The van der Waals surface area contributed by atoms with Gasteiger partial charge in [0, 0.05) is 10.8 Å². The molecule has 0 bridgehead atoms. The lowest BCUT2D eigenvalue weighted by Gasteiger charge is -2.07. The second-order valence-electron chi connectivity index (χ2n) is 4.29. The minimum atomic E-state index is -0.513. The summed E-state index contributed by atoms with van der Waals surface area (Å²) in [6.45, 7) is 0. The van der Waals surface area contributed by atoms with Gasteiger partial charge in [-0.25, -0.2) is 0 Å². The number of hydrogen-bond acceptors (Lipinski definition) is 5. The second-order valence-corrected chi connectivity index (χ2v) is 5.75. The van der Waals surface area contributed by atoms with Gasteiger partial charge in [-0.2, -0.15) is 0 Å². The fourth-order valence-electron chi connectivity index (χ4n) is 2.23. The van der Waals surface area contributed by atoms with Gasteiger partial charge in [0.1, 0.15) is 10.4 Å². The fourth-order valence-corrected chi connectivity index (χ4v) is 3.74. The minimum Gasteiger partial charge on any atom is -0.496 e. The number of non-ortho nitro benzene ring substituents is 1. The molecule has 0 spiro atoms. The summed E-state index contributed by atoms with van der Waals surface area (Å²) < 4.78 is 6.10. The Bertz CT molecular complexity index is 951. The van der Waals surface area contributed by atoms with Crippen LogP contribution in [0, 0.1) is 10.1 Å². The highest BCUT2D eigenvalue weighted by atomic mass is 35.5. The molecule has 5 nitrogen and oxygen atoms in total. The molecule has 7 heteroatoms. The summed E-state index contributed by atoms with van der Waals surface area (Å²) >= 11 is 7.24. The zero-order valence-electron chi connectivity index (χ0n) is 10.8. The van der Waals surface area contributed by atoms with Crippen LogP contribution >= 0.6 is 22.9 Å². The van der Waals surface area contributed by atoms with Crippen molar-refractivity contribution >= 4 is 48.8 Å². The smallest absolute Gasteiger partial charge is 0.287 e. The molecule has 2 aromatic carbocycles. The van der Waals surface area contributed by atoms with Crippen molar-refractivity contribution in [2.24, 2.45) is 0 Å². The van der Waals surface area contributed by atoms with Crippen molar-refractivity contribution < 1.29 is 9.66 Å². The zero-order valence-corrected chi connectivity index (χ0v) is 12.3. The molecule has 1 aromatic heterocycles. The lowest BCUT2D eigenvalue weighted by molar-refractivity contribution is -0.382. The maximum Gasteiger partial charge on any atom is 0.287 e. The maximum absolute atomic E-state index is 12.7. The van der Waals surface area contributed by atoms with Gasteiger partial charge in [-0.15, -0.1) is 11.3 Å². The van der Waals surface area contributed by atoms with E-state index in [0.717, 1.165) is 11.3 Å². The molecule has 0 fully saturated rings. The van der Waals surface area contributed by atoms with Crippen LogP contribution in [0.4, 0.5) is 5.69 Å². The van der Waals surface area contributed by atoms with Gasteiger partial charge in [0.25, 0.3) is 5.69 Å². The van der Waals surface area contributed by atoms with Gasteiger partial charge in [0.05, 0.1) is 27.8 Å². The van der Waals surface area contributed by atoms with E-state index in [1.807, 2.05) is 0 Å². The fraction of sp³-hybridized carbons (Fsp3) is 0.0714. The van der Waals surface area contributed by atoms with E-state index < -0.39 is 4.92 Å². The van der Waals surface area contributed by atoms with Crippen molar-refractivity contribution in [3.8, 4) is 5.75 Å². The van der Waals surface area contributed by atoms with E-state index in [-0.39, 0.29) is 26.2 Å². The summed E-state index contributed by atoms with van der Waals surface area (Å²) in [4.78, 5) is 23.3. The van der Waals surface area contributed by atoms with Gasteiger partial charge in [-0.3, -0.25) is 14.9 Å². The molecule has 0 saturated carbocycles. The largest absolute Gasteiger partial charge is 0.496 e. The van der Waals surface area contributed by atoms with E-state index in [2.05, 4.69) is 0 Å². The standard InChI is InChI=1S/C14H8ClNO4S/c1-20-9-3-2-4-10-12(9)13(17)11-7(15)5-6-8(16(18)19)14(11)21-10/h2-6H,1H3. The van der Waals surface area contributed by atoms with Crippen LogP contribution in [0.25, 0.3) is 20.2 Å². The molecular formula is C14H8ClNO4S. The molecule has 3 aromatic rings. The van der Waals surface area contributed by atoms with Crippen molar-refractivity contribution in [2.75, 3.05) is 7.11 Å². The van der Waals surface area contributed by atoms with Crippen LogP contribution in [0.15, 0.2) is 35.1 Å². The lowest BCUT2D eigenvalue weighted by atomic mass is 10.1. The average molecular weight is 322 g/mol. The third-order valence-corrected chi connectivity index (χ3v) is 4.65. The summed E-state index contributed by atoms with van der Waals surface area (Å²) in [5, 5.41) is 11.9. The monoisotopic (exact) mass is 321 g/mol. The highest BCUT2D eigenvalue weighted by Gasteiger charge is 2.20. The molecule has 0 aliphatic carbocycles. The highest BCUT2D eigenvalue weighted by molar-refractivity contribution is 7.25. The Morgan fingerprint density at radius 3 is 2.67 bits per heavy atom. The highest BCUT2D eigenvalue weighted by Crippen LogP contribution is 2.37. The zero-order chi connectivity index (χ0) is 15.1. The number of methoxy groups -OCH3 is 1. The summed E-state index contributed by atoms with van der Waals surface area (Å²) in [6, 6.07) is 7.82. The first-order valence-corrected chi connectivity index (χ1v) is 7.10. The first kappa shape index (κ1) is 13.8. The molecular weight excluding hydrogens is 314 g/mol. The van der Waals surface area contributed by atoms with E-state index in [1.54, 1.807) is 18.2 Å². The molecule has 0 amide bonds. The van der Waals surface area contributed by atoms with Crippen molar-refractivity contribution in [3.05, 3.63) is 55.7 Å². The van der Waals surface area contributed by atoms with Gasteiger partial charge in [-0.05, 0) is 18.2 Å². The molecule has 0 aliphatic heterocycles. The van der Waals surface area contributed by atoms with E-state index >= 15 is 0 Å². The summed E-state index contributed by atoms with van der Waals surface area (Å²) in [7, 11) is 1.47. The Hall–Kier alpha value is -2.18. The van der Waals surface area contributed by atoms with Crippen molar-refractivity contribution in [2.45, 2.75) is 0 Å². The molecule has 1 heterocycles. The molecule has 21 heavy (non-hydrogen) atoms. The number of rotatable bonds is 2. The average Bonchev–Trinajstić information content (AvgIpc) is 2.46. The molecule has 0 unspecified atom stereocenters. The van der Waals surface area contributed by atoms with Crippen LogP contribution in [0.3, 0.4) is 0 Å². The van der Waals surface area contributed by atoms with E-state index in [9.17, 15) is 14.9 Å². The van der Waals surface area contributed by atoms with Crippen molar-refractivity contribution in [1.29, 1.82) is 0 Å². The van der Waals surface area contributed by atoms with Crippen LogP contribution in [0.2, 0.25) is 5.02 Å². The Morgan fingerprint density at radius 1 is 1.24 bits per heavy atom. The minimum absolute atomic E-state index is 0.124. The first-order chi connectivity index (χ1) is 10.0. The van der Waals surface area contributed by atoms with E-state index in [0.29, 0.717) is 15.8 Å². The van der Waals surface area contributed by atoms with Gasteiger partial charge in [-0.1, -0.05) is 17.7 Å². The van der Waals surface area contributed by atoms with E-state index in [1.165, 1.54) is 19.2 Å². The quantitative estimate of drug-likeness (QED) is 0.406. The number of benzene rings is 2. The molecule has 0 N–H and O–H groups in total. The maximum atomic E-state index is 12.7. The van der Waals surface area contributed by atoms with E-state index in [4.69, 9.17) is 16.3 Å². The van der Waals surface area contributed by atoms with Gasteiger partial charge in [0.15, 0.2) is 0 Å². The van der Waals surface area contributed by atoms with Gasteiger partial charge < -0.3 is 4.74 Å². The first-order valence-electron chi connectivity index (χ1n) is 5.91. The molecule has 106 valence electrons. The molecule has 0 radical (unpaired) electrons. The molecule has 0 saturated heterocycles. The number of nitro benzene ring substituents is 1. The summed E-state index contributed by atoms with van der Waals surface area (Å²) in [5.41, 5.74) is -0.480. The SMILES string of the molecule is COc1cccc2sc3c([N+](=O)[O-])ccc(Cl)c3c(=O)c12. The normalized spacial score (nSPS) is 11.0. The van der Waals surface area contributed by atoms with Crippen LogP contribution in [-0.2, 0) is 0 Å². The Labute approximate surface area is 127 Å². The topological polar surface area (TPSA) is 69.4 Å². The predicted octanol–water partition coefficient (Wildman–Crippen LogP) is 3.98. The number of hydrogen-bond donors (Lipinski definition) is 0. The van der Waals surface area contributed by atoms with Crippen LogP contribution < -0.4 is 10.2 Å². The van der Waals surface area contributed by atoms with Gasteiger partial charge in [0.2, 0.25) is 5.43 Å². The van der Waals surface area contributed by atoms with Crippen LogP contribution in [-0.4, -0.2) is 12.0 Å². The Kier molecular flexibility index (Phi) is 3.27. The van der Waals surface area contributed by atoms with Crippen molar-refractivity contribution in [1.82, 2.24) is 0 Å². The number of fused-ring (bicyclic) bond motifs is 2. The summed E-state index contributed by atoms with van der Waals surface area (Å²) in [5.74, 6) is 0.429. The third-order valence-electron chi connectivity index (χ3n) is 3.16. The second kappa shape index (κ2) is 4.98. The Balaban J connectivity index is 2.63. The number of nitrogens with zero attached hydrogens (tertiary/aromatic N) is 1. The van der Waals surface area contributed by atoms with Crippen molar-refractivity contribution in [3.63, 3.8) is 0 Å². The summed E-state index contributed by atoms with van der Waals surface area (Å²) in [6.07, 6.45) is 0. The lowest BCUT2D eigenvalue weighted by Crippen LogP contribution is -2.04. The third kappa shape index (κ3) is 2.03. The van der Waals surface area contributed by atoms with Gasteiger partial charge >= 0.3 is 0 Å². The Morgan fingerprint density at radius 2 is 2.00 bits per heavy atom. The molecule has 0 atom stereocenters.